The molecule has 1 heterocycles. The predicted molar refractivity (Wildman–Crippen MR) is 69.5 cm³/mol. The number of nitrogens with zero attached hydrogens (tertiary/aromatic N) is 1. The van der Waals surface area contributed by atoms with Crippen LogP contribution in [0.5, 0.6) is 0 Å². The summed E-state index contributed by atoms with van der Waals surface area (Å²) >= 11 is 0. The number of aliphatic hydroxyl groups excluding tert-OH is 1. The summed E-state index contributed by atoms with van der Waals surface area (Å²) in [7, 11) is 0. The maximum atomic E-state index is 12.7. The van der Waals surface area contributed by atoms with Crippen molar-refractivity contribution in [3.8, 4) is 0 Å². The standard InChI is InChI=1S/C14H24F3NO2/c15-14(16,17)11-18(7-8-19)12-4-9-20-13(10-12)5-2-1-3-6-13/h12,19H,1-11H2. The van der Waals surface area contributed by atoms with Gasteiger partial charge in [0.2, 0.25) is 0 Å². The van der Waals surface area contributed by atoms with Gasteiger partial charge in [0.1, 0.15) is 0 Å². The summed E-state index contributed by atoms with van der Waals surface area (Å²) in [5, 5.41) is 9.03. The Kier molecular flexibility index (Phi) is 5.31. The van der Waals surface area contributed by atoms with E-state index in [9.17, 15) is 13.2 Å². The lowest BCUT2D eigenvalue weighted by molar-refractivity contribution is -0.170. The van der Waals surface area contributed by atoms with Crippen LogP contribution in [0.3, 0.4) is 0 Å². The molecule has 118 valence electrons. The van der Waals surface area contributed by atoms with E-state index in [0.29, 0.717) is 19.4 Å². The Balaban J connectivity index is 2.00. The van der Waals surface area contributed by atoms with Crippen molar-refractivity contribution in [1.29, 1.82) is 0 Å². The van der Waals surface area contributed by atoms with E-state index >= 15 is 0 Å². The smallest absolute Gasteiger partial charge is 0.395 e. The van der Waals surface area contributed by atoms with Crippen LogP contribution in [0, 0.1) is 0 Å². The molecule has 1 saturated carbocycles. The highest BCUT2D eigenvalue weighted by atomic mass is 19.4. The molecule has 0 radical (unpaired) electrons. The van der Waals surface area contributed by atoms with Gasteiger partial charge in [-0.05, 0) is 25.7 Å². The minimum absolute atomic E-state index is 0.0836. The Morgan fingerprint density at radius 3 is 2.50 bits per heavy atom. The highest BCUT2D eigenvalue weighted by molar-refractivity contribution is 4.93. The topological polar surface area (TPSA) is 32.7 Å². The summed E-state index contributed by atoms with van der Waals surface area (Å²) in [5.74, 6) is 0. The molecular weight excluding hydrogens is 271 g/mol. The second kappa shape index (κ2) is 6.62. The van der Waals surface area contributed by atoms with Crippen molar-refractivity contribution in [3.05, 3.63) is 0 Å². The van der Waals surface area contributed by atoms with Crippen LogP contribution < -0.4 is 0 Å². The third-order valence-electron chi connectivity index (χ3n) is 4.52. The third kappa shape index (κ3) is 4.33. The summed E-state index contributed by atoms with van der Waals surface area (Å²) < 4.78 is 43.9. The molecule has 6 heteroatoms. The molecule has 1 aliphatic carbocycles. The first-order chi connectivity index (χ1) is 9.44. The quantitative estimate of drug-likeness (QED) is 0.865. The minimum atomic E-state index is -4.22. The number of alkyl halides is 3. The number of halogens is 3. The van der Waals surface area contributed by atoms with Crippen molar-refractivity contribution < 1.29 is 23.0 Å². The number of aliphatic hydroxyl groups is 1. The molecule has 0 aromatic rings. The van der Waals surface area contributed by atoms with Crippen LogP contribution in [0.2, 0.25) is 0 Å². The Morgan fingerprint density at radius 1 is 1.20 bits per heavy atom. The SMILES string of the molecule is OCCN(CC(F)(F)F)C1CCOC2(CCCCC2)C1. The zero-order valence-electron chi connectivity index (χ0n) is 11.8. The molecule has 2 fully saturated rings. The van der Waals surface area contributed by atoms with E-state index in [1.165, 1.54) is 11.3 Å². The molecular formula is C14H24F3NO2. The van der Waals surface area contributed by atoms with Gasteiger partial charge in [0, 0.05) is 19.2 Å². The molecule has 1 saturated heterocycles. The van der Waals surface area contributed by atoms with E-state index in [1.807, 2.05) is 0 Å². The van der Waals surface area contributed by atoms with Crippen molar-refractivity contribution in [2.75, 3.05) is 26.3 Å². The lowest BCUT2D eigenvalue weighted by Crippen LogP contribution is -2.52. The molecule has 2 rings (SSSR count). The fourth-order valence-corrected chi connectivity index (χ4v) is 3.61. The van der Waals surface area contributed by atoms with E-state index in [-0.39, 0.29) is 24.8 Å². The van der Waals surface area contributed by atoms with Crippen LogP contribution in [-0.2, 0) is 4.74 Å². The molecule has 0 aromatic carbocycles. The number of hydrogen-bond acceptors (Lipinski definition) is 3. The van der Waals surface area contributed by atoms with Gasteiger partial charge in [-0.3, -0.25) is 4.90 Å². The van der Waals surface area contributed by atoms with E-state index < -0.39 is 12.7 Å². The van der Waals surface area contributed by atoms with Crippen LogP contribution in [0.1, 0.15) is 44.9 Å². The van der Waals surface area contributed by atoms with Crippen molar-refractivity contribution >= 4 is 0 Å². The second-order valence-corrected chi connectivity index (χ2v) is 6.05. The Hall–Kier alpha value is -0.330. The first-order valence-corrected chi connectivity index (χ1v) is 7.50. The summed E-state index contributed by atoms with van der Waals surface area (Å²) in [4.78, 5) is 1.39. The summed E-state index contributed by atoms with van der Waals surface area (Å²) in [6, 6.07) is -0.129. The molecule has 0 aromatic heterocycles. The average molecular weight is 295 g/mol. The lowest BCUT2D eigenvalue weighted by Gasteiger charge is -2.46. The third-order valence-corrected chi connectivity index (χ3v) is 4.52. The zero-order valence-corrected chi connectivity index (χ0v) is 11.8. The monoisotopic (exact) mass is 295 g/mol. The highest BCUT2D eigenvalue weighted by Crippen LogP contribution is 2.40. The second-order valence-electron chi connectivity index (χ2n) is 6.05. The Bertz CT molecular complexity index is 298. The van der Waals surface area contributed by atoms with Crippen LogP contribution in [0.25, 0.3) is 0 Å². The van der Waals surface area contributed by atoms with Gasteiger partial charge in [-0.25, -0.2) is 0 Å². The zero-order chi connectivity index (χ0) is 14.6. The van der Waals surface area contributed by atoms with Gasteiger partial charge < -0.3 is 9.84 Å². The summed E-state index contributed by atoms with van der Waals surface area (Å²) in [6.07, 6.45) is 2.40. The fraction of sp³-hybridized carbons (Fsp3) is 1.00. The van der Waals surface area contributed by atoms with Crippen molar-refractivity contribution in [1.82, 2.24) is 4.90 Å². The Morgan fingerprint density at radius 2 is 1.90 bits per heavy atom. The van der Waals surface area contributed by atoms with Crippen LogP contribution in [-0.4, -0.2) is 54.1 Å². The van der Waals surface area contributed by atoms with Crippen molar-refractivity contribution in [2.24, 2.45) is 0 Å². The number of hydrogen-bond donors (Lipinski definition) is 1. The first kappa shape index (κ1) is 16.0. The van der Waals surface area contributed by atoms with Crippen molar-refractivity contribution in [2.45, 2.75) is 62.8 Å². The molecule has 1 N–H and O–H groups in total. The molecule has 2 aliphatic rings. The Labute approximate surface area is 118 Å². The van der Waals surface area contributed by atoms with E-state index in [1.54, 1.807) is 0 Å². The first-order valence-electron chi connectivity index (χ1n) is 7.50. The highest BCUT2D eigenvalue weighted by Gasteiger charge is 2.42. The van der Waals surface area contributed by atoms with Gasteiger partial charge in [0.25, 0.3) is 0 Å². The average Bonchev–Trinajstić information content (AvgIpc) is 2.38. The minimum Gasteiger partial charge on any atom is -0.395 e. The largest absolute Gasteiger partial charge is 0.401 e. The maximum Gasteiger partial charge on any atom is 0.401 e. The van der Waals surface area contributed by atoms with Crippen LogP contribution in [0.15, 0.2) is 0 Å². The molecule has 1 spiro atoms. The maximum absolute atomic E-state index is 12.7. The van der Waals surface area contributed by atoms with Crippen LogP contribution >= 0.6 is 0 Å². The summed E-state index contributed by atoms with van der Waals surface area (Å²) in [6.45, 7) is -0.556. The molecule has 3 nitrogen and oxygen atoms in total. The van der Waals surface area contributed by atoms with Gasteiger partial charge >= 0.3 is 6.18 Å². The summed E-state index contributed by atoms with van der Waals surface area (Å²) in [5.41, 5.74) is -0.208. The molecule has 1 atom stereocenters. The fourth-order valence-electron chi connectivity index (χ4n) is 3.61. The van der Waals surface area contributed by atoms with Gasteiger partial charge in [-0.1, -0.05) is 19.3 Å². The number of rotatable bonds is 4. The molecule has 1 aliphatic heterocycles. The molecule has 0 amide bonds. The van der Waals surface area contributed by atoms with Crippen LogP contribution in [0.4, 0.5) is 13.2 Å². The van der Waals surface area contributed by atoms with E-state index in [4.69, 9.17) is 9.84 Å². The van der Waals surface area contributed by atoms with Gasteiger partial charge in [0.15, 0.2) is 0 Å². The van der Waals surface area contributed by atoms with E-state index in [2.05, 4.69) is 0 Å². The number of ether oxygens (including phenoxy) is 1. The van der Waals surface area contributed by atoms with Gasteiger partial charge in [-0.2, -0.15) is 13.2 Å². The molecule has 1 unspecified atom stereocenters. The lowest BCUT2D eigenvalue weighted by atomic mass is 9.78. The normalized spacial score (nSPS) is 27.1. The molecule has 0 bridgehead atoms. The molecule has 20 heavy (non-hydrogen) atoms. The van der Waals surface area contributed by atoms with E-state index in [0.717, 1.165) is 25.7 Å². The predicted octanol–water partition coefficient (Wildman–Crippen LogP) is 2.72. The van der Waals surface area contributed by atoms with Gasteiger partial charge in [0.05, 0.1) is 18.8 Å². The van der Waals surface area contributed by atoms with Gasteiger partial charge in [-0.15, -0.1) is 0 Å². The van der Waals surface area contributed by atoms with Crippen molar-refractivity contribution in [3.63, 3.8) is 0 Å².